The molecule has 0 saturated heterocycles. The lowest BCUT2D eigenvalue weighted by molar-refractivity contribution is -0.136. The molecule has 5 nitrogen and oxygen atoms in total. The molecule has 0 aromatic heterocycles. The molecule has 7 heteroatoms. The highest BCUT2D eigenvalue weighted by Gasteiger charge is 2.14. The Hall–Kier alpha value is -1.82. The number of carboxylic acids is 1. The number of carboxylic acid groups (broad SMARTS) is 1. The largest absolute Gasteiger partial charge is 0.481 e. The number of benzene rings is 1. The number of hydrogen-bond acceptors (Lipinski definition) is 4. The van der Waals surface area contributed by atoms with E-state index >= 15 is 0 Å². The Morgan fingerprint density at radius 2 is 2.17 bits per heavy atom. The zero-order chi connectivity index (χ0) is 13.7. The van der Waals surface area contributed by atoms with E-state index in [0.717, 1.165) is 6.07 Å². The molecule has 0 amide bonds. The number of methoxy groups -OCH3 is 1. The van der Waals surface area contributed by atoms with Crippen molar-refractivity contribution in [1.29, 1.82) is 0 Å². The van der Waals surface area contributed by atoms with Crippen LogP contribution in [-0.4, -0.2) is 30.7 Å². The topological polar surface area (TPSA) is 75.6 Å². The first kappa shape index (κ1) is 14.2. The lowest BCUT2D eigenvalue weighted by Crippen LogP contribution is -2.10. The predicted molar refractivity (Wildman–Crippen MR) is 63.5 cm³/mol. The summed E-state index contributed by atoms with van der Waals surface area (Å²) in [5, 5.41) is 10.9. The molecule has 1 aromatic carbocycles. The van der Waals surface area contributed by atoms with Gasteiger partial charge in [0, 0.05) is 6.54 Å². The van der Waals surface area contributed by atoms with Gasteiger partial charge in [0.05, 0.1) is 29.8 Å². The fourth-order valence-electron chi connectivity index (χ4n) is 1.26. The molecule has 0 fully saturated rings. The van der Waals surface area contributed by atoms with Crippen molar-refractivity contribution >= 4 is 29.2 Å². The normalized spacial score (nSPS) is 9.94. The number of carbonyl (C=O) groups is 2. The van der Waals surface area contributed by atoms with E-state index < -0.39 is 17.8 Å². The third-order valence-corrected chi connectivity index (χ3v) is 2.49. The van der Waals surface area contributed by atoms with Crippen LogP contribution in [0, 0.1) is 5.82 Å². The van der Waals surface area contributed by atoms with Crippen LogP contribution in [0.5, 0.6) is 0 Å². The molecule has 0 spiro atoms. The van der Waals surface area contributed by atoms with Crippen molar-refractivity contribution in [1.82, 2.24) is 0 Å². The summed E-state index contributed by atoms with van der Waals surface area (Å²) in [6, 6.07) is 2.26. The Kier molecular flexibility index (Phi) is 4.91. The maximum atomic E-state index is 13.4. The van der Waals surface area contributed by atoms with Crippen molar-refractivity contribution in [2.75, 3.05) is 19.0 Å². The van der Waals surface area contributed by atoms with Crippen LogP contribution in [0.2, 0.25) is 5.02 Å². The second kappa shape index (κ2) is 6.20. The number of nitrogens with one attached hydrogen (secondary N) is 1. The Labute approximate surface area is 108 Å². The van der Waals surface area contributed by atoms with E-state index in [-0.39, 0.29) is 29.2 Å². The molecule has 0 aliphatic carbocycles. The zero-order valence-corrected chi connectivity index (χ0v) is 10.3. The van der Waals surface area contributed by atoms with Crippen LogP contribution in [0.4, 0.5) is 10.1 Å². The number of ether oxygens (including phenoxy) is 1. The number of rotatable bonds is 5. The number of aliphatic carboxylic acids is 1. The van der Waals surface area contributed by atoms with Crippen molar-refractivity contribution in [3.05, 3.63) is 28.5 Å². The van der Waals surface area contributed by atoms with Crippen molar-refractivity contribution in [3.63, 3.8) is 0 Å². The molecule has 1 rings (SSSR count). The summed E-state index contributed by atoms with van der Waals surface area (Å²) in [7, 11) is 1.17. The van der Waals surface area contributed by atoms with Crippen molar-refractivity contribution in [3.8, 4) is 0 Å². The molecular weight excluding hydrogens is 265 g/mol. The summed E-state index contributed by atoms with van der Waals surface area (Å²) >= 11 is 5.69. The lowest BCUT2D eigenvalue weighted by Gasteiger charge is -2.09. The van der Waals surface area contributed by atoms with E-state index in [0.29, 0.717) is 0 Å². The monoisotopic (exact) mass is 275 g/mol. The minimum absolute atomic E-state index is 0.00257. The molecule has 0 bridgehead atoms. The molecule has 0 aliphatic rings. The van der Waals surface area contributed by atoms with Gasteiger partial charge in [-0.05, 0) is 12.1 Å². The summed E-state index contributed by atoms with van der Waals surface area (Å²) < 4.78 is 17.9. The molecule has 0 heterocycles. The molecule has 0 radical (unpaired) electrons. The van der Waals surface area contributed by atoms with E-state index in [4.69, 9.17) is 16.7 Å². The van der Waals surface area contributed by atoms with Gasteiger partial charge in [-0.15, -0.1) is 0 Å². The summed E-state index contributed by atoms with van der Waals surface area (Å²) in [6.07, 6.45) is -0.152. The minimum atomic E-state index is -0.997. The van der Waals surface area contributed by atoms with E-state index in [1.807, 2.05) is 0 Å². The molecule has 98 valence electrons. The quantitative estimate of drug-likeness (QED) is 0.805. The standard InChI is InChI=1S/C11H11ClFNO4/c1-18-11(17)6-4-7(13)10(12)8(5-6)14-3-2-9(15)16/h4-5,14H,2-3H2,1H3,(H,15,16). The van der Waals surface area contributed by atoms with Crippen molar-refractivity contribution in [2.24, 2.45) is 0 Å². The number of anilines is 1. The number of carbonyl (C=O) groups excluding carboxylic acids is 1. The van der Waals surface area contributed by atoms with Gasteiger partial charge in [-0.25, -0.2) is 9.18 Å². The lowest BCUT2D eigenvalue weighted by atomic mass is 10.2. The van der Waals surface area contributed by atoms with Gasteiger partial charge < -0.3 is 15.2 Å². The Morgan fingerprint density at radius 3 is 2.72 bits per heavy atom. The van der Waals surface area contributed by atoms with Gasteiger partial charge in [-0.3, -0.25) is 4.79 Å². The maximum Gasteiger partial charge on any atom is 0.338 e. The highest BCUT2D eigenvalue weighted by molar-refractivity contribution is 6.33. The molecule has 1 aromatic rings. The van der Waals surface area contributed by atoms with Crippen LogP contribution < -0.4 is 5.32 Å². The summed E-state index contributed by atoms with van der Waals surface area (Å²) in [6.45, 7) is 0.0686. The number of esters is 1. The van der Waals surface area contributed by atoms with Gasteiger partial charge in [-0.2, -0.15) is 0 Å². The third-order valence-electron chi connectivity index (χ3n) is 2.10. The van der Waals surface area contributed by atoms with Crippen LogP contribution in [0.15, 0.2) is 12.1 Å². The van der Waals surface area contributed by atoms with Crippen LogP contribution >= 0.6 is 11.6 Å². The Morgan fingerprint density at radius 1 is 1.50 bits per heavy atom. The Bertz CT molecular complexity index is 478. The molecule has 18 heavy (non-hydrogen) atoms. The number of hydrogen-bond donors (Lipinski definition) is 2. The molecule has 0 saturated carbocycles. The van der Waals surface area contributed by atoms with Gasteiger partial charge in [0.25, 0.3) is 0 Å². The van der Waals surface area contributed by atoms with Crippen LogP contribution in [0.1, 0.15) is 16.8 Å². The highest BCUT2D eigenvalue weighted by atomic mass is 35.5. The molecule has 0 unspecified atom stereocenters. The Balaban J connectivity index is 2.92. The van der Waals surface area contributed by atoms with E-state index in [1.165, 1.54) is 13.2 Å². The first-order chi connectivity index (χ1) is 8.45. The second-order valence-corrected chi connectivity index (χ2v) is 3.76. The van der Waals surface area contributed by atoms with Gasteiger partial charge in [0.1, 0.15) is 5.82 Å². The first-order valence-corrected chi connectivity index (χ1v) is 5.36. The van der Waals surface area contributed by atoms with Crippen LogP contribution in [-0.2, 0) is 9.53 Å². The van der Waals surface area contributed by atoms with Gasteiger partial charge in [0.2, 0.25) is 0 Å². The molecule has 0 atom stereocenters. The van der Waals surface area contributed by atoms with Crippen LogP contribution in [0.25, 0.3) is 0 Å². The average molecular weight is 276 g/mol. The fraction of sp³-hybridized carbons (Fsp3) is 0.273. The van der Waals surface area contributed by atoms with Crippen molar-refractivity contribution in [2.45, 2.75) is 6.42 Å². The minimum Gasteiger partial charge on any atom is -0.481 e. The van der Waals surface area contributed by atoms with Gasteiger partial charge in [-0.1, -0.05) is 11.6 Å². The first-order valence-electron chi connectivity index (χ1n) is 4.98. The van der Waals surface area contributed by atoms with E-state index in [9.17, 15) is 14.0 Å². The SMILES string of the molecule is COC(=O)c1cc(F)c(Cl)c(NCCC(=O)O)c1. The molecule has 0 aliphatic heterocycles. The van der Waals surface area contributed by atoms with Gasteiger partial charge >= 0.3 is 11.9 Å². The number of halogens is 2. The molecular formula is C11H11ClFNO4. The van der Waals surface area contributed by atoms with E-state index in [1.54, 1.807) is 0 Å². The molecule has 2 N–H and O–H groups in total. The fourth-order valence-corrected chi connectivity index (χ4v) is 1.43. The maximum absolute atomic E-state index is 13.4. The highest BCUT2D eigenvalue weighted by Crippen LogP contribution is 2.27. The smallest absolute Gasteiger partial charge is 0.338 e. The third kappa shape index (κ3) is 3.59. The van der Waals surface area contributed by atoms with Crippen LogP contribution in [0.3, 0.4) is 0 Å². The predicted octanol–water partition coefficient (Wildman–Crippen LogP) is 2.15. The zero-order valence-electron chi connectivity index (χ0n) is 9.50. The summed E-state index contributed by atoms with van der Waals surface area (Å²) in [5.41, 5.74) is 0.149. The average Bonchev–Trinajstić information content (AvgIpc) is 2.32. The van der Waals surface area contributed by atoms with E-state index in [2.05, 4.69) is 10.1 Å². The van der Waals surface area contributed by atoms with Gasteiger partial charge in [0.15, 0.2) is 0 Å². The second-order valence-electron chi connectivity index (χ2n) is 3.38. The van der Waals surface area contributed by atoms with Crippen molar-refractivity contribution < 1.29 is 23.8 Å². The summed E-state index contributed by atoms with van der Waals surface area (Å²) in [4.78, 5) is 21.6. The summed E-state index contributed by atoms with van der Waals surface area (Å²) in [5.74, 6) is -2.48.